The van der Waals surface area contributed by atoms with Gasteiger partial charge >= 0.3 is 0 Å². The molecule has 0 aromatic heterocycles. The van der Waals surface area contributed by atoms with E-state index in [0.717, 1.165) is 13.1 Å². The van der Waals surface area contributed by atoms with Crippen LogP contribution < -0.4 is 9.47 Å². The van der Waals surface area contributed by atoms with Gasteiger partial charge < -0.3 is 24.4 Å². The number of ketones is 1. The van der Waals surface area contributed by atoms with E-state index in [1.807, 2.05) is 12.1 Å². The first-order chi connectivity index (χ1) is 15.4. The number of aliphatic hydroxyl groups is 1. The molecular formula is C25H30N2O5. The number of hydrogen-bond donors (Lipinski definition) is 1. The number of benzene rings is 2. The summed E-state index contributed by atoms with van der Waals surface area (Å²) in [6.07, 6.45) is 0. The van der Waals surface area contributed by atoms with Gasteiger partial charge in [0.1, 0.15) is 17.3 Å². The lowest BCUT2D eigenvalue weighted by Crippen LogP contribution is -2.38. The molecule has 1 atom stereocenters. The van der Waals surface area contributed by atoms with Gasteiger partial charge in [-0.3, -0.25) is 9.59 Å². The van der Waals surface area contributed by atoms with Gasteiger partial charge in [-0.05, 0) is 42.9 Å². The van der Waals surface area contributed by atoms with E-state index in [9.17, 15) is 14.7 Å². The number of carbonyl (C=O) groups is 2. The number of ether oxygens (including phenoxy) is 2. The van der Waals surface area contributed by atoms with Crippen LogP contribution in [-0.4, -0.2) is 67.0 Å². The first kappa shape index (κ1) is 23.3. The summed E-state index contributed by atoms with van der Waals surface area (Å²) < 4.78 is 10.6. The standard InChI is InChI=1S/C25H30N2O5/c1-5-26(6-2)13-14-27-22(17-9-7-11-19(15-17)31-3)21(24(29)25(27)30)23(28)18-10-8-12-20(16-18)32-4/h7-12,15-16,22,28H,5-6,13-14H2,1-4H3/b23-21-. The van der Waals surface area contributed by atoms with Crippen molar-refractivity contribution >= 4 is 17.4 Å². The van der Waals surface area contributed by atoms with Gasteiger partial charge in [-0.15, -0.1) is 0 Å². The molecular weight excluding hydrogens is 408 g/mol. The molecule has 0 aliphatic carbocycles. The molecule has 0 spiro atoms. The van der Waals surface area contributed by atoms with E-state index in [1.54, 1.807) is 48.4 Å². The van der Waals surface area contributed by atoms with Crippen LogP contribution in [0, 0.1) is 0 Å². The first-order valence-corrected chi connectivity index (χ1v) is 10.7. The second kappa shape index (κ2) is 10.3. The molecule has 0 bridgehead atoms. The van der Waals surface area contributed by atoms with Crippen LogP contribution in [0.1, 0.15) is 31.0 Å². The minimum Gasteiger partial charge on any atom is -0.507 e. The third-order valence-electron chi connectivity index (χ3n) is 5.84. The average Bonchev–Trinajstić information content (AvgIpc) is 3.09. The van der Waals surface area contributed by atoms with Gasteiger partial charge in [0.05, 0.1) is 25.8 Å². The Morgan fingerprint density at radius 3 is 2.25 bits per heavy atom. The highest BCUT2D eigenvalue weighted by Gasteiger charge is 2.46. The lowest BCUT2D eigenvalue weighted by Gasteiger charge is -2.28. The summed E-state index contributed by atoms with van der Waals surface area (Å²) in [4.78, 5) is 29.9. The summed E-state index contributed by atoms with van der Waals surface area (Å²) in [7, 11) is 3.09. The van der Waals surface area contributed by atoms with Crippen LogP contribution in [0.25, 0.3) is 5.76 Å². The van der Waals surface area contributed by atoms with Crippen LogP contribution in [0.4, 0.5) is 0 Å². The fourth-order valence-corrected chi connectivity index (χ4v) is 3.98. The highest BCUT2D eigenvalue weighted by atomic mass is 16.5. The van der Waals surface area contributed by atoms with Crippen LogP contribution in [0.15, 0.2) is 54.1 Å². The van der Waals surface area contributed by atoms with Crippen molar-refractivity contribution in [3.05, 3.63) is 65.2 Å². The van der Waals surface area contributed by atoms with Crippen LogP contribution >= 0.6 is 0 Å². The lowest BCUT2D eigenvalue weighted by atomic mass is 9.95. The molecule has 3 rings (SSSR count). The number of methoxy groups -OCH3 is 2. The summed E-state index contributed by atoms with van der Waals surface area (Å²) >= 11 is 0. The predicted octanol–water partition coefficient (Wildman–Crippen LogP) is 3.47. The molecule has 1 aliphatic rings. The summed E-state index contributed by atoms with van der Waals surface area (Å²) in [5.74, 6) is -0.381. The van der Waals surface area contributed by atoms with Gasteiger partial charge in [-0.25, -0.2) is 0 Å². The van der Waals surface area contributed by atoms with Gasteiger partial charge in [0.2, 0.25) is 0 Å². The van der Waals surface area contributed by atoms with Crippen LogP contribution in [0.5, 0.6) is 11.5 Å². The van der Waals surface area contributed by atoms with E-state index in [2.05, 4.69) is 18.7 Å². The molecule has 1 aliphatic heterocycles. The maximum atomic E-state index is 13.1. The van der Waals surface area contributed by atoms with Crippen molar-refractivity contribution in [2.24, 2.45) is 0 Å². The van der Waals surface area contributed by atoms with E-state index in [0.29, 0.717) is 35.7 Å². The predicted molar refractivity (Wildman–Crippen MR) is 123 cm³/mol. The van der Waals surface area contributed by atoms with Gasteiger partial charge in [0.15, 0.2) is 0 Å². The van der Waals surface area contributed by atoms with E-state index in [-0.39, 0.29) is 11.3 Å². The number of hydrogen-bond acceptors (Lipinski definition) is 6. The molecule has 32 heavy (non-hydrogen) atoms. The Kier molecular flexibility index (Phi) is 7.53. The van der Waals surface area contributed by atoms with Crippen molar-refractivity contribution in [1.29, 1.82) is 0 Å². The highest BCUT2D eigenvalue weighted by Crippen LogP contribution is 2.40. The normalized spacial score (nSPS) is 17.8. The molecule has 1 amide bonds. The van der Waals surface area contributed by atoms with Crippen LogP contribution in [-0.2, 0) is 9.59 Å². The Morgan fingerprint density at radius 2 is 1.62 bits per heavy atom. The van der Waals surface area contributed by atoms with Crippen molar-refractivity contribution in [3.63, 3.8) is 0 Å². The number of aliphatic hydroxyl groups excluding tert-OH is 1. The van der Waals surface area contributed by atoms with Crippen molar-refractivity contribution in [2.45, 2.75) is 19.9 Å². The minimum absolute atomic E-state index is 0.0658. The molecule has 2 aromatic carbocycles. The van der Waals surface area contributed by atoms with Gasteiger partial charge in [0, 0.05) is 18.7 Å². The Bertz CT molecular complexity index is 1010. The molecule has 1 unspecified atom stereocenters. The number of Topliss-reactive ketones (excluding diaryl/α,β-unsaturated/α-hetero) is 1. The molecule has 1 saturated heterocycles. The second-order valence-corrected chi connectivity index (χ2v) is 7.53. The number of likely N-dealkylation sites (tertiary alicyclic amines) is 1. The smallest absolute Gasteiger partial charge is 0.295 e. The largest absolute Gasteiger partial charge is 0.507 e. The van der Waals surface area contributed by atoms with Gasteiger partial charge in [-0.1, -0.05) is 38.1 Å². The fourth-order valence-electron chi connectivity index (χ4n) is 3.98. The minimum atomic E-state index is -0.716. The maximum Gasteiger partial charge on any atom is 0.295 e. The fraction of sp³-hybridized carbons (Fsp3) is 0.360. The summed E-state index contributed by atoms with van der Waals surface area (Å²) in [5.41, 5.74) is 1.18. The Labute approximate surface area is 188 Å². The molecule has 170 valence electrons. The zero-order valence-electron chi connectivity index (χ0n) is 19.0. The third-order valence-corrected chi connectivity index (χ3v) is 5.84. The van der Waals surface area contributed by atoms with Crippen molar-refractivity contribution < 1.29 is 24.2 Å². The average molecular weight is 439 g/mol. The SMILES string of the molecule is CCN(CC)CCN1C(=O)C(=O)/C(=C(\O)c2cccc(OC)c2)C1c1cccc(OC)c1. The van der Waals surface area contributed by atoms with E-state index in [1.165, 1.54) is 7.11 Å². The lowest BCUT2D eigenvalue weighted by molar-refractivity contribution is -0.140. The number of nitrogens with zero attached hydrogens (tertiary/aromatic N) is 2. The Balaban J connectivity index is 2.12. The topological polar surface area (TPSA) is 79.3 Å². The molecule has 7 nitrogen and oxygen atoms in total. The summed E-state index contributed by atoms with van der Waals surface area (Å²) in [6, 6.07) is 13.3. The maximum absolute atomic E-state index is 13.1. The van der Waals surface area contributed by atoms with Crippen molar-refractivity contribution in [1.82, 2.24) is 9.80 Å². The van der Waals surface area contributed by atoms with E-state index in [4.69, 9.17) is 9.47 Å². The number of rotatable bonds is 9. The number of amides is 1. The Hall–Kier alpha value is -3.32. The van der Waals surface area contributed by atoms with Crippen molar-refractivity contribution in [2.75, 3.05) is 40.4 Å². The number of carbonyl (C=O) groups excluding carboxylic acids is 2. The second-order valence-electron chi connectivity index (χ2n) is 7.53. The highest BCUT2D eigenvalue weighted by molar-refractivity contribution is 6.46. The van der Waals surface area contributed by atoms with E-state index < -0.39 is 17.7 Å². The molecule has 0 saturated carbocycles. The molecule has 1 heterocycles. The van der Waals surface area contributed by atoms with E-state index >= 15 is 0 Å². The van der Waals surface area contributed by atoms with Crippen LogP contribution in [0.2, 0.25) is 0 Å². The zero-order chi connectivity index (χ0) is 23.3. The number of likely N-dealkylation sites (N-methyl/N-ethyl adjacent to an activating group) is 1. The van der Waals surface area contributed by atoms with Gasteiger partial charge in [0.25, 0.3) is 11.7 Å². The molecule has 2 aromatic rings. The molecule has 1 fully saturated rings. The molecule has 0 radical (unpaired) electrons. The third kappa shape index (κ3) is 4.62. The summed E-state index contributed by atoms with van der Waals surface area (Å²) in [6.45, 7) is 6.78. The summed E-state index contributed by atoms with van der Waals surface area (Å²) in [5, 5.41) is 11.2. The van der Waals surface area contributed by atoms with Gasteiger partial charge in [-0.2, -0.15) is 0 Å². The molecule has 7 heteroatoms. The zero-order valence-corrected chi connectivity index (χ0v) is 19.0. The first-order valence-electron chi connectivity index (χ1n) is 10.7. The van der Waals surface area contributed by atoms with Crippen molar-refractivity contribution in [3.8, 4) is 11.5 Å². The quantitative estimate of drug-likeness (QED) is 0.367. The monoisotopic (exact) mass is 438 g/mol. The molecule has 1 N–H and O–H groups in total. The van der Waals surface area contributed by atoms with Crippen LogP contribution in [0.3, 0.4) is 0 Å². The Morgan fingerprint density at radius 1 is 1.00 bits per heavy atom.